The van der Waals surface area contributed by atoms with Gasteiger partial charge in [-0.2, -0.15) is 0 Å². The summed E-state index contributed by atoms with van der Waals surface area (Å²) >= 11 is 0. The highest BCUT2D eigenvalue weighted by Crippen LogP contribution is 2.58. The molecule has 0 spiro atoms. The Hall–Kier alpha value is -1.07. The lowest BCUT2D eigenvalue weighted by atomic mass is 9.48. The predicted molar refractivity (Wildman–Crippen MR) is 72.3 cm³/mol. The van der Waals surface area contributed by atoms with Crippen LogP contribution in [0.5, 0.6) is 0 Å². The highest BCUT2D eigenvalue weighted by Gasteiger charge is 2.71. The molecule has 5 heteroatoms. The SMILES string of the molecule is C=COCCCNC(=O)C1(N)C2CCOC2C1(C)C. The van der Waals surface area contributed by atoms with E-state index in [1.54, 1.807) is 0 Å². The zero-order chi connectivity index (χ0) is 14.1. The van der Waals surface area contributed by atoms with Gasteiger partial charge in [0.15, 0.2) is 0 Å². The van der Waals surface area contributed by atoms with Crippen LogP contribution in [0.4, 0.5) is 0 Å². The Bertz CT molecular complexity index is 370. The Morgan fingerprint density at radius 3 is 3.05 bits per heavy atom. The number of fused-ring (bicyclic) bond motifs is 1. The molecule has 1 saturated heterocycles. The molecule has 0 bridgehead atoms. The van der Waals surface area contributed by atoms with Crippen molar-refractivity contribution in [3.63, 3.8) is 0 Å². The largest absolute Gasteiger partial charge is 0.502 e. The van der Waals surface area contributed by atoms with Crippen molar-refractivity contribution in [2.45, 2.75) is 38.3 Å². The number of hydrogen-bond donors (Lipinski definition) is 2. The average Bonchev–Trinajstić information content (AvgIpc) is 2.85. The minimum absolute atomic E-state index is 0.0668. The summed E-state index contributed by atoms with van der Waals surface area (Å²) in [6.45, 7) is 9.33. The second-order valence-corrected chi connectivity index (χ2v) is 5.92. The third-order valence-corrected chi connectivity index (χ3v) is 4.67. The van der Waals surface area contributed by atoms with Gasteiger partial charge in [-0.15, -0.1) is 0 Å². The second kappa shape index (κ2) is 5.13. The van der Waals surface area contributed by atoms with Crippen LogP contribution in [-0.2, 0) is 14.3 Å². The van der Waals surface area contributed by atoms with Gasteiger partial charge in [-0.25, -0.2) is 0 Å². The molecule has 1 heterocycles. The maximum atomic E-state index is 12.4. The topological polar surface area (TPSA) is 73.6 Å². The number of rotatable bonds is 6. The summed E-state index contributed by atoms with van der Waals surface area (Å²) < 4.78 is 10.7. The fourth-order valence-electron chi connectivity index (χ4n) is 3.43. The van der Waals surface area contributed by atoms with Crippen LogP contribution in [0.2, 0.25) is 0 Å². The summed E-state index contributed by atoms with van der Waals surface area (Å²) in [5.41, 5.74) is 5.29. The zero-order valence-corrected chi connectivity index (χ0v) is 11.8. The molecule has 0 aromatic carbocycles. The summed E-state index contributed by atoms with van der Waals surface area (Å²) in [7, 11) is 0. The molecule has 1 aliphatic carbocycles. The van der Waals surface area contributed by atoms with E-state index >= 15 is 0 Å². The average molecular weight is 268 g/mol. The third-order valence-electron chi connectivity index (χ3n) is 4.67. The molecule has 1 aliphatic heterocycles. The fourth-order valence-corrected chi connectivity index (χ4v) is 3.43. The maximum absolute atomic E-state index is 12.4. The summed E-state index contributed by atoms with van der Waals surface area (Å²) in [6.07, 6.45) is 3.14. The van der Waals surface area contributed by atoms with E-state index in [0.717, 1.165) is 12.8 Å². The van der Waals surface area contributed by atoms with E-state index in [0.29, 0.717) is 19.8 Å². The highest BCUT2D eigenvalue weighted by atomic mass is 16.5. The first-order valence-electron chi connectivity index (χ1n) is 6.87. The van der Waals surface area contributed by atoms with E-state index in [-0.39, 0.29) is 23.3 Å². The van der Waals surface area contributed by atoms with Gasteiger partial charge >= 0.3 is 0 Å². The predicted octanol–water partition coefficient (Wildman–Crippen LogP) is 0.795. The van der Waals surface area contributed by atoms with Crippen molar-refractivity contribution in [1.82, 2.24) is 5.32 Å². The van der Waals surface area contributed by atoms with Crippen molar-refractivity contribution < 1.29 is 14.3 Å². The minimum Gasteiger partial charge on any atom is -0.502 e. The third kappa shape index (κ3) is 2.05. The molecule has 1 amide bonds. The molecule has 1 saturated carbocycles. The Balaban J connectivity index is 1.89. The molecule has 19 heavy (non-hydrogen) atoms. The normalized spacial score (nSPS) is 35.1. The van der Waals surface area contributed by atoms with Crippen LogP contribution >= 0.6 is 0 Å². The molecule has 5 nitrogen and oxygen atoms in total. The number of amides is 1. The highest BCUT2D eigenvalue weighted by molar-refractivity contribution is 5.89. The van der Waals surface area contributed by atoms with Gasteiger partial charge < -0.3 is 20.5 Å². The van der Waals surface area contributed by atoms with Crippen LogP contribution in [0.15, 0.2) is 12.8 Å². The number of nitrogens with one attached hydrogen (secondary N) is 1. The molecular weight excluding hydrogens is 244 g/mol. The Kier molecular flexibility index (Phi) is 3.87. The van der Waals surface area contributed by atoms with Crippen LogP contribution in [0, 0.1) is 11.3 Å². The number of carbonyl (C=O) groups excluding carboxylic acids is 1. The van der Waals surface area contributed by atoms with Crippen molar-refractivity contribution in [2.75, 3.05) is 19.8 Å². The minimum atomic E-state index is -0.812. The zero-order valence-electron chi connectivity index (χ0n) is 11.8. The van der Waals surface area contributed by atoms with Gasteiger partial charge in [0.1, 0.15) is 5.54 Å². The van der Waals surface area contributed by atoms with Crippen molar-refractivity contribution in [2.24, 2.45) is 17.1 Å². The van der Waals surface area contributed by atoms with Gasteiger partial charge in [-0.1, -0.05) is 20.4 Å². The monoisotopic (exact) mass is 268 g/mol. The molecule has 0 aromatic heterocycles. The molecule has 3 atom stereocenters. The van der Waals surface area contributed by atoms with E-state index < -0.39 is 5.54 Å². The first kappa shape index (κ1) is 14.3. The molecule has 3 N–H and O–H groups in total. The Labute approximate surface area is 114 Å². The smallest absolute Gasteiger partial charge is 0.241 e. The van der Waals surface area contributed by atoms with E-state index in [2.05, 4.69) is 11.9 Å². The van der Waals surface area contributed by atoms with E-state index in [9.17, 15) is 4.79 Å². The molecule has 2 aliphatic rings. The lowest BCUT2D eigenvalue weighted by Crippen LogP contribution is -2.80. The van der Waals surface area contributed by atoms with Gasteiger partial charge in [0, 0.05) is 24.5 Å². The van der Waals surface area contributed by atoms with E-state index in [1.807, 2.05) is 13.8 Å². The summed E-state index contributed by atoms with van der Waals surface area (Å²) in [4.78, 5) is 12.4. The molecular formula is C14H24N2O3. The fraction of sp³-hybridized carbons (Fsp3) is 0.786. The van der Waals surface area contributed by atoms with Crippen LogP contribution in [0.3, 0.4) is 0 Å². The lowest BCUT2D eigenvalue weighted by molar-refractivity contribution is -0.175. The summed E-state index contributed by atoms with van der Waals surface area (Å²) in [5.74, 6) is 0.0785. The first-order valence-corrected chi connectivity index (χ1v) is 6.87. The van der Waals surface area contributed by atoms with Gasteiger partial charge in [0.2, 0.25) is 5.91 Å². The molecule has 0 aromatic rings. The van der Waals surface area contributed by atoms with Crippen molar-refractivity contribution in [1.29, 1.82) is 0 Å². The van der Waals surface area contributed by atoms with Crippen LogP contribution in [0.25, 0.3) is 0 Å². The van der Waals surface area contributed by atoms with Crippen molar-refractivity contribution in [3.8, 4) is 0 Å². The number of nitrogens with two attached hydrogens (primary N) is 1. The quantitative estimate of drug-likeness (QED) is 0.552. The summed E-state index contributed by atoms with van der Waals surface area (Å²) in [6, 6.07) is 0. The summed E-state index contributed by atoms with van der Waals surface area (Å²) in [5, 5.41) is 2.92. The molecule has 0 radical (unpaired) electrons. The van der Waals surface area contributed by atoms with E-state index in [1.165, 1.54) is 6.26 Å². The molecule has 2 fully saturated rings. The number of ether oxygens (including phenoxy) is 2. The maximum Gasteiger partial charge on any atom is 0.241 e. The standard InChI is InChI=1S/C14H24N2O3/c1-4-18-8-5-7-16-12(17)14(15)10-6-9-19-11(10)13(14,2)3/h4,10-11H,1,5-9,15H2,2-3H3,(H,16,17). The van der Waals surface area contributed by atoms with Crippen LogP contribution < -0.4 is 11.1 Å². The Morgan fingerprint density at radius 2 is 2.37 bits per heavy atom. The first-order chi connectivity index (χ1) is 8.96. The van der Waals surface area contributed by atoms with Gasteiger partial charge in [0.25, 0.3) is 0 Å². The molecule has 2 rings (SSSR count). The number of carbonyl (C=O) groups is 1. The van der Waals surface area contributed by atoms with Gasteiger partial charge in [-0.3, -0.25) is 4.79 Å². The number of hydrogen-bond acceptors (Lipinski definition) is 4. The Morgan fingerprint density at radius 1 is 1.63 bits per heavy atom. The van der Waals surface area contributed by atoms with Gasteiger partial charge in [0.05, 0.1) is 19.0 Å². The van der Waals surface area contributed by atoms with Gasteiger partial charge in [-0.05, 0) is 12.8 Å². The van der Waals surface area contributed by atoms with Crippen molar-refractivity contribution in [3.05, 3.63) is 12.8 Å². The lowest BCUT2D eigenvalue weighted by Gasteiger charge is -2.60. The molecule has 108 valence electrons. The second-order valence-electron chi connectivity index (χ2n) is 5.92. The van der Waals surface area contributed by atoms with Crippen molar-refractivity contribution >= 4 is 5.91 Å². The molecule has 3 unspecified atom stereocenters. The van der Waals surface area contributed by atoms with Crippen LogP contribution in [-0.4, -0.2) is 37.3 Å². The van der Waals surface area contributed by atoms with Crippen LogP contribution in [0.1, 0.15) is 26.7 Å². The van der Waals surface area contributed by atoms with E-state index in [4.69, 9.17) is 15.2 Å².